The van der Waals surface area contributed by atoms with Gasteiger partial charge in [-0.15, -0.1) is 0 Å². The molecule has 0 saturated carbocycles. The smallest absolute Gasteiger partial charge is 0.338 e. The molecule has 6 heteroatoms. The van der Waals surface area contributed by atoms with Crippen LogP contribution in [0.25, 0.3) is 5.69 Å². The zero-order chi connectivity index (χ0) is 20.1. The third-order valence-corrected chi connectivity index (χ3v) is 4.26. The van der Waals surface area contributed by atoms with Gasteiger partial charge in [0.1, 0.15) is 0 Å². The van der Waals surface area contributed by atoms with Gasteiger partial charge in [0.2, 0.25) is 0 Å². The second-order valence-electron chi connectivity index (χ2n) is 6.32. The number of aromatic nitrogens is 1. The number of nitrogens with one attached hydrogen (secondary N) is 1. The quantitative estimate of drug-likeness (QED) is 0.694. The van der Waals surface area contributed by atoms with Gasteiger partial charge in [-0.1, -0.05) is 18.2 Å². The van der Waals surface area contributed by atoms with E-state index in [9.17, 15) is 14.4 Å². The maximum atomic E-state index is 12.1. The molecule has 0 fully saturated rings. The fourth-order valence-corrected chi connectivity index (χ4v) is 2.86. The highest BCUT2D eigenvalue weighted by Gasteiger charge is 2.14. The third-order valence-electron chi connectivity index (χ3n) is 4.26. The molecule has 0 saturated heterocycles. The predicted molar refractivity (Wildman–Crippen MR) is 104 cm³/mol. The van der Waals surface area contributed by atoms with Crippen LogP contribution >= 0.6 is 0 Å². The molecule has 0 unspecified atom stereocenters. The number of esters is 1. The van der Waals surface area contributed by atoms with Crippen LogP contribution in [0, 0.1) is 13.8 Å². The molecule has 2 aromatic carbocycles. The Kier molecular flexibility index (Phi) is 5.69. The number of ether oxygens (including phenoxy) is 1. The van der Waals surface area contributed by atoms with Gasteiger partial charge in [0, 0.05) is 22.6 Å². The Hall–Kier alpha value is -3.67. The van der Waals surface area contributed by atoms with Crippen molar-refractivity contribution < 1.29 is 19.1 Å². The topological polar surface area (TPSA) is 77.4 Å². The van der Waals surface area contributed by atoms with E-state index >= 15 is 0 Å². The molecule has 0 spiro atoms. The van der Waals surface area contributed by atoms with Crippen molar-refractivity contribution in [2.45, 2.75) is 13.8 Å². The molecule has 2 amide bonds. The van der Waals surface area contributed by atoms with E-state index in [0.29, 0.717) is 11.1 Å². The molecule has 6 nitrogen and oxygen atoms in total. The van der Waals surface area contributed by atoms with E-state index in [1.54, 1.807) is 42.5 Å². The normalized spacial score (nSPS) is 10.4. The predicted octanol–water partition coefficient (Wildman–Crippen LogP) is 3.21. The molecule has 0 radical (unpaired) electrons. The molecular weight excluding hydrogens is 356 g/mol. The van der Waals surface area contributed by atoms with Gasteiger partial charge in [0.05, 0.1) is 5.56 Å². The van der Waals surface area contributed by atoms with Gasteiger partial charge in [-0.25, -0.2) is 4.79 Å². The summed E-state index contributed by atoms with van der Waals surface area (Å²) in [6, 6.07) is 19.3. The zero-order valence-electron chi connectivity index (χ0n) is 15.6. The van der Waals surface area contributed by atoms with Crippen molar-refractivity contribution >= 4 is 17.8 Å². The van der Waals surface area contributed by atoms with Crippen molar-refractivity contribution in [3.8, 4) is 5.69 Å². The summed E-state index contributed by atoms with van der Waals surface area (Å²) in [4.78, 5) is 35.9. The number of hydrogen-bond donors (Lipinski definition) is 1. The van der Waals surface area contributed by atoms with Crippen LogP contribution in [0.2, 0.25) is 0 Å². The van der Waals surface area contributed by atoms with Crippen LogP contribution in [0.5, 0.6) is 0 Å². The molecule has 3 aromatic rings. The number of carbonyl (C=O) groups is 3. The lowest BCUT2D eigenvalue weighted by atomic mass is 10.2. The zero-order valence-corrected chi connectivity index (χ0v) is 15.6. The van der Waals surface area contributed by atoms with Gasteiger partial charge < -0.3 is 9.30 Å². The second kappa shape index (κ2) is 8.35. The van der Waals surface area contributed by atoms with Crippen LogP contribution in [0.1, 0.15) is 32.1 Å². The maximum Gasteiger partial charge on any atom is 0.338 e. The first kappa shape index (κ1) is 19.1. The monoisotopic (exact) mass is 376 g/mol. The first-order valence-corrected chi connectivity index (χ1v) is 8.77. The molecule has 1 aromatic heterocycles. The minimum atomic E-state index is -0.683. The van der Waals surface area contributed by atoms with Crippen molar-refractivity contribution in [1.29, 1.82) is 0 Å². The molecular formula is C22H20N2O4. The fraction of sp³-hybridized carbons (Fsp3) is 0.136. The van der Waals surface area contributed by atoms with Gasteiger partial charge in [-0.3, -0.25) is 14.9 Å². The average Bonchev–Trinajstić information content (AvgIpc) is 3.05. The van der Waals surface area contributed by atoms with Crippen molar-refractivity contribution in [2.75, 3.05) is 6.61 Å². The van der Waals surface area contributed by atoms with E-state index in [0.717, 1.165) is 17.1 Å². The molecule has 0 bridgehead atoms. The summed E-state index contributed by atoms with van der Waals surface area (Å²) in [5.74, 6) is -1.85. The number of benzene rings is 2. The van der Waals surface area contributed by atoms with Crippen LogP contribution in [-0.2, 0) is 9.53 Å². The lowest BCUT2D eigenvalue weighted by Crippen LogP contribution is -2.34. The molecule has 3 rings (SSSR count). The number of rotatable bonds is 5. The molecule has 0 aliphatic rings. The van der Waals surface area contributed by atoms with Crippen LogP contribution in [0.4, 0.5) is 0 Å². The SMILES string of the molecule is Cc1ccc(C)n1-c1ccc(C(=O)OCC(=O)NC(=O)c2ccccc2)cc1. The summed E-state index contributed by atoms with van der Waals surface area (Å²) < 4.78 is 7.06. The van der Waals surface area contributed by atoms with Crippen molar-refractivity contribution in [3.05, 3.63) is 89.2 Å². The summed E-state index contributed by atoms with van der Waals surface area (Å²) in [6.07, 6.45) is 0. The summed E-state index contributed by atoms with van der Waals surface area (Å²) in [6.45, 7) is 3.48. The minimum Gasteiger partial charge on any atom is -0.452 e. The van der Waals surface area contributed by atoms with E-state index in [1.807, 2.05) is 38.1 Å². The maximum absolute atomic E-state index is 12.1. The lowest BCUT2D eigenvalue weighted by molar-refractivity contribution is -0.123. The second-order valence-corrected chi connectivity index (χ2v) is 6.32. The number of carbonyl (C=O) groups excluding carboxylic acids is 3. The Balaban J connectivity index is 1.56. The van der Waals surface area contributed by atoms with E-state index < -0.39 is 24.4 Å². The summed E-state index contributed by atoms with van der Waals surface area (Å²) >= 11 is 0. The van der Waals surface area contributed by atoms with Crippen molar-refractivity contribution in [3.63, 3.8) is 0 Å². The number of nitrogens with zero attached hydrogens (tertiary/aromatic N) is 1. The Labute approximate surface area is 162 Å². The van der Waals surface area contributed by atoms with Crippen LogP contribution in [0.15, 0.2) is 66.7 Å². The van der Waals surface area contributed by atoms with Crippen molar-refractivity contribution in [1.82, 2.24) is 9.88 Å². The number of amides is 2. The minimum absolute atomic E-state index is 0.327. The van der Waals surface area contributed by atoms with Crippen molar-refractivity contribution in [2.24, 2.45) is 0 Å². The molecule has 1 N–H and O–H groups in total. The Morgan fingerprint density at radius 1 is 0.821 bits per heavy atom. The average molecular weight is 376 g/mol. The number of imide groups is 1. The number of hydrogen-bond acceptors (Lipinski definition) is 4. The summed E-state index contributed by atoms with van der Waals surface area (Å²) in [5, 5.41) is 2.18. The Morgan fingerprint density at radius 3 is 2.04 bits per heavy atom. The van der Waals surface area contributed by atoms with Crippen LogP contribution in [0.3, 0.4) is 0 Å². The summed E-state index contributed by atoms with van der Waals surface area (Å²) in [5.41, 5.74) is 3.80. The largest absolute Gasteiger partial charge is 0.452 e. The van der Waals surface area contributed by atoms with Crippen LogP contribution in [-0.4, -0.2) is 29.0 Å². The van der Waals surface area contributed by atoms with E-state index in [4.69, 9.17) is 4.74 Å². The van der Waals surface area contributed by atoms with E-state index in [2.05, 4.69) is 9.88 Å². The Bertz CT molecular complexity index is 985. The van der Waals surface area contributed by atoms with Gasteiger partial charge >= 0.3 is 5.97 Å². The van der Waals surface area contributed by atoms with Gasteiger partial charge in [-0.2, -0.15) is 0 Å². The Morgan fingerprint density at radius 2 is 1.43 bits per heavy atom. The highest BCUT2D eigenvalue weighted by Crippen LogP contribution is 2.17. The molecule has 0 aliphatic heterocycles. The lowest BCUT2D eigenvalue weighted by Gasteiger charge is -2.10. The molecule has 1 heterocycles. The highest BCUT2D eigenvalue weighted by atomic mass is 16.5. The fourth-order valence-electron chi connectivity index (χ4n) is 2.86. The molecule has 28 heavy (non-hydrogen) atoms. The van der Waals surface area contributed by atoms with E-state index in [1.165, 1.54) is 0 Å². The van der Waals surface area contributed by atoms with E-state index in [-0.39, 0.29) is 0 Å². The third kappa shape index (κ3) is 4.35. The highest BCUT2D eigenvalue weighted by molar-refractivity contribution is 6.05. The number of aryl methyl sites for hydroxylation is 2. The molecule has 0 aliphatic carbocycles. The summed E-state index contributed by atoms with van der Waals surface area (Å²) in [7, 11) is 0. The van der Waals surface area contributed by atoms with Gasteiger partial charge in [0.25, 0.3) is 11.8 Å². The molecule has 142 valence electrons. The van der Waals surface area contributed by atoms with Gasteiger partial charge in [-0.05, 0) is 62.4 Å². The first-order chi connectivity index (χ1) is 13.5. The van der Waals surface area contributed by atoms with Gasteiger partial charge in [0.15, 0.2) is 6.61 Å². The molecule has 0 atom stereocenters. The van der Waals surface area contributed by atoms with Crippen LogP contribution < -0.4 is 5.32 Å². The first-order valence-electron chi connectivity index (χ1n) is 8.77. The standard InChI is InChI=1S/C22H20N2O4/c1-15-8-9-16(2)24(15)19-12-10-18(11-13-19)22(27)28-14-20(25)23-21(26)17-6-4-3-5-7-17/h3-13H,14H2,1-2H3,(H,23,25,26).